The van der Waals surface area contributed by atoms with Crippen LogP contribution >= 0.6 is 0 Å². The molecule has 0 aromatic heterocycles. The van der Waals surface area contributed by atoms with Crippen molar-refractivity contribution in [3.63, 3.8) is 0 Å². The van der Waals surface area contributed by atoms with Gasteiger partial charge in [-0.3, -0.25) is 9.59 Å². The van der Waals surface area contributed by atoms with Crippen molar-refractivity contribution in [3.8, 4) is 11.5 Å². The Morgan fingerprint density at radius 2 is 1.71 bits per heavy atom. The van der Waals surface area contributed by atoms with E-state index in [-0.39, 0.29) is 35.4 Å². The third-order valence-electron chi connectivity index (χ3n) is 6.34. The van der Waals surface area contributed by atoms with E-state index in [1.807, 2.05) is 30.3 Å². The number of amides is 1. The van der Waals surface area contributed by atoms with Gasteiger partial charge in [-0.1, -0.05) is 30.3 Å². The number of ether oxygens (including phenoxy) is 1. The van der Waals surface area contributed by atoms with Gasteiger partial charge in [-0.15, -0.1) is 0 Å². The maximum absolute atomic E-state index is 13.5. The zero-order valence-electron chi connectivity index (χ0n) is 18.8. The monoisotopic (exact) mass is 492 g/mol. The summed E-state index contributed by atoms with van der Waals surface area (Å²) in [6.07, 6.45) is 1.39. The topological polar surface area (TPSA) is 104 Å². The molecule has 35 heavy (non-hydrogen) atoms. The number of ketones is 1. The summed E-state index contributed by atoms with van der Waals surface area (Å²) in [5.41, 5.74) is 1.18. The van der Waals surface area contributed by atoms with Crippen molar-refractivity contribution >= 4 is 27.4 Å². The summed E-state index contributed by atoms with van der Waals surface area (Å²) in [4.78, 5) is 26.7. The van der Waals surface area contributed by atoms with Crippen LogP contribution in [-0.4, -0.2) is 48.7 Å². The first-order valence-electron chi connectivity index (χ1n) is 11.3. The highest BCUT2D eigenvalue weighted by atomic mass is 32.2. The second-order valence-electron chi connectivity index (χ2n) is 8.60. The van der Waals surface area contributed by atoms with Gasteiger partial charge in [-0.05, 0) is 60.9 Å². The molecule has 3 aromatic carbocycles. The molecule has 9 heteroatoms. The molecule has 0 bridgehead atoms. The quantitative estimate of drug-likeness (QED) is 0.508. The maximum Gasteiger partial charge on any atom is 0.299 e. The van der Waals surface area contributed by atoms with Crippen molar-refractivity contribution in [1.29, 1.82) is 0 Å². The molecule has 3 aromatic rings. The van der Waals surface area contributed by atoms with Gasteiger partial charge in [0.1, 0.15) is 18.1 Å². The van der Waals surface area contributed by atoms with Crippen molar-refractivity contribution in [2.24, 2.45) is 0 Å². The first-order chi connectivity index (χ1) is 16.8. The summed E-state index contributed by atoms with van der Waals surface area (Å²) in [5, 5.41) is 9.47. The van der Waals surface area contributed by atoms with Crippen molar-refractivity contribution in [1.82, 2.24) is 4.31 Å². The Kier molecular flexibility index (Phi) is 6.04. The molecule has 1 amide bonds. The zero-order valence-corrected chi connectivity index (χ0v) is 19.6. The number of anilines is 1. The van der Waals surface area contributed by atoms with Gasteiger partial charge in [0.25, 0.3) is 11.7 Å². The molecule has 5 rings (SSSR count). The lowest BCUT2D eigenvalue weighted by Crippen LogP contribution is -2.39. The second kappa shape index (κ2) is 9.16. The Bertz CT molecular complexity index is 1370. The Labute approximate surface area is 203 Å². The smallest absolute Gasteiger partial charge is 0.299 e. The molecule has 2 heterocycles. The van der Waals surface area contributed by atoms with E-state index in [2.05, 4.69) is 0 Å². The average Bonchev–Trinajstić information content (AvgIpc) is 3.44. The molecule has 1 saturated heterocycles. The van der Waals surface area contributed by atoms with Gasteiger partial charge in [0, 0.05) is 6.54 Å². The van der Waals surface area contributed by atoms with E-state index < -0.39 is 21.7 Å². The predicted molar refractivity (Wildman–Crippen MR) is 129 cm³/mol. The minimum atomic E-state index is -3.89. The first kappa shape index (κ1) is 23.1. The third-order valence-corrected chi connectivity index (χ3v) is 8.28. The van der Waals surface area contributed by atoms with Gasteiger partial charge in [-0.2, -0.15) is 4.31 Å². The lowest BCUT2D eigenvalue weighted by Gasteiger charge is -2.24. The number of fused-ring (bicyclic) bond motifs is 1. The number of para-hydroxylation sites is 1. The molecule has 2 aliphatic heterocycles. The number of carbonyl (C=O) groups is 2. The summed E-state index contributed by atoms with van der Waals surface area (Å²) >= 11 is 0. The SMILES string of the molecule is O=C1C(=O)N(Cc2ccc(O)cc2)c2ccc(S(=O)(=O)N3CCCC3COc3ccccc3)cc21. The average molecular weight is 493 g/mol. The van der Waals surface area contributed by atoms with E-state index in [1.165, 1.54) is 39.5 Å². The van der Waals surface area contributed by atoms with Gasteiger partial charge in [0.2, 0.25) is 10.0 Å². The number of sulfonamides is 1. The molecule has 1 fully saturated rings. The van der Waals surface area contributed by atoms with Crippen LogP contribution in [0.5, 0.6) is 11.5 Å². The van der Waals surface area contributed by atoms with E-state index in [1.54, 1.807) is 12.1 Å². The molecule has 2 aliphatic rings. The fraction of sp³-hybridized carbons (Fsp3) is 0.231. The number of nitrogens with zero attached hydrogens (tertiary/aromatic N) is 2. The summed E-state index contributed by atoms with van der Waals surface area (Å²) in [6.45, 7) is 0.725. The number of phenolic OH excluding ortho intramolecular Hbond substituents is 1. The number of phenols is 1. The summed E-state index contributed by atoms with van der Waals surface area (Å²) in [5.74, 6) is -0.673. The van der Waals surface area contributed by atoms with Crippen molar-refractivity contribution in [3.05, 3.63) is 83.9 Å². The van der Waals surface area contributed by atoms with Crippen LogP contribution in [0.3, 0.4) is 0 Å². The van der Waals surface area contributed by atoms with Crippen LogP contribution in [0.25, 0.3) is 0 Å². The van der Waals surface area contributed by atoms with Gasteiger partial charge in [0.15, 0.2) is 0 Å². The molecule has 0 saturated carbocycles. The molecule has 180 valence electrons. The highest BCUT2D eigenvalue weighted by Gasteiger charge is 2.40. The van der Waals surface area contributed by atoms with Gasteiger partial charge < -0.3 is 14.7 Å². The van der Waals surface area contributed by atoms with Crippen molar-refractivity contribution in [2.45, 2.75) is 30.3 Å². The van der Waals surface area contributed by atoms with E-state index in [4.69, 9.17) is 4.74 Å². The molecule has 1 N–H and O–H groups in total. The molecule has 1 atom stereocenters. The number of rotatable bonds is 7. The van der Waals surface area contributed by atoms with E-state index in [0.29, 0.717) is 30.8 Å². The predicted octanol–water partition coefficient (Wildman–Crippen LogP) is 3.35. The van der Waals surface area contributed by atoms with Crippen molar-refractivity contribution in [2.75, 3.05) is 18.1 Å². The highest BCUT2D eigenvalue weighted by molar-refractivity contribution is 7.89. The van der Waals surface area contributed by atoms with Crippen LogP contribution in [0.4, 0.5) is 5.69 Å². The van der Waals surface area contributed by atoms with E-state index >= 15 is 0 Å². The number of hydrogen-bond donors (Lipinski definition) is 1. The lowest BCUT2D eigenvalue weighted by molar-refractivity contribution is -0.114. The number of hydrogen-bond acceptors (Lipinski definition) is 6. The highest BCUT2D eigenvalue weighted by Crippen LogP contribution is 2.34. The summed E-state index contributed by atoms with van der Waals surface area (Å²) in [7, 11) is -3.89. The van der Waals surface area contributed by atoms with Crippen LogP contribution in [0.2, 0.25) is 0 Å². The van der Waals surface area contributed by atoms with Crippen LogP contribution in [0.1, 0.15) is 28.8 Å². The Balaban J connectivity index is 1.38. The first-order valence-corrected chi connectivity index (χ1v) is 12.8. The molecule has 1 unspecified atom stereocenters. The number of Topliss-reactive ketones (excluding diaryl/α,β-unsaturated/α-hetero) is 1. The standard InChI is InChI=1S/C26H24N2O6S/c29-20-10-8-18(9-11-20)16-27-24-13-12-22(15-23(24)25(30)26(27)31)35(32,33)28-14-4-5-19(28)17-34-21-6-2-1-3-7-21/h1-3,6-13,15,19,29H,4-5,14,16-17H2. The van der Waals surface area contributed by atoms with Crippen LogP contribution in [0.15, 0.2) is 77.7 Å². The maximum atomic E-state index is 13.5. The normalized spacial score (nSPS) is 18.2. The van der Waals surface area contributed by atoms with E-state index in [9.17, 15) is 23.1 Å². The third kappa shape index (κ3) is 4.40. The summed E-state index contributed by atoms with van der Waals surface area (Å²) < 4.78 is 34.2. The number of carbonyl (C=O) groups excluding carboxylic acids is 2. The molecule has 8 nitrogen and oxygen atoms in total. The van der Waals surface area contributed by atoms with Crippen LogP contribution in [-0.2, 0) is 21.4 Å². The van der Waals surface area contributed by atoms with Gasteiger partial charge in [0.05, 0.1) is 28.7 Å². The molecular weight excluding hydrogens is 468 g/mol. The Morgan fingerprint density at radius 1 is 0.971 bits per heavy atom. The Hall–Kier alpha value is -3.69. The molecular formula is C26H24N2O6S. The van der Waals surface area contributed by atoms with Gasteiger partial charge >= 0.3 is 0 Å². The largest absolute Gasteiger partial charge is 0.508 e. The number of benzene rings is 3. The number of aromatic hydroxyl groups is 1. The minimum absolute atomic E-state index is 0.0181. The minimum Gasteiger partial charge on any atom is -0.508 e. The van der Waals surface area contributed by atoms with Crippen LogP contribution < -0.4 is 9.64 Å². The molecule has 0 radical (unpaired) electrons. The van der Waals surface area contributed by atoms with Crippen molar-refractivity contribution < 1.29 is 27.9 Å². The van der Waals surface area contributed by atoms with Gasteiger partial charge in [-0.25, -0.2) is 8.42 Å². The van der Waals surface area contributed by atoms with E-state index in [0.717, 1.165) is 5.56 Å². The molecule has 0 aliphatic carbocycles. The second-order valence-corrected chi connectivity index (χ2v) is 10.5. The molecule has 0 spiro atoms. The lowest BCUT2D eigenvalue weighted by atomic mass is 10.1. The van der Waals surface area contributed by atoms with Crippen LogP contribution in [0, 0.1) is 0 Å². The fourth-order valence-corrected chi connectivity index (χ4v) is 6.22. The summed E-state index contributed by atoms with van der Waals surface area (Å²) in [6, 6.07) is 19.5. The zero-order chi connectivity index (χ0) is 24.6. The fourth-order valence-electron chi connectivity index (χ4n) is 4.52. The Morgan fingerprint density at radius 3 is 2.46 bits per heavy atom.